The van der Waals surface area contributed by atoms with Crippen LogP contribution in [0.2, 0.25) is 0 Å². The van der Waals surface area contributed by atoms with E-state index >= 15 is 0 Å². The Morgan fingerprint density at radius 1 is 0.727 bits per heavy atom. The molecule has 0 aromatic heterocycles. The monoisotopic (exact) mass is 456 g/mol. The number of hydrogen-bond acceptors (Lipinski definition) is 1. The van der Waals surface area contributed by atoms with Gasteiger partial charge in [-0.05, 0) is 105 Å². The number of rotatable bonds is 13. The van der Waals surface area contributed by atoms with Crippen molar-refractivity contribution in [3.05, 3.63) is 27.8 Å². The molecular formula is C32H56O. The van der Waals surface area contributed by atoms with Gasteiger partial charge in [0, 0.05) is 0 Å². The molecule has 1 heterocycles. The van der Waals surface area contributed by atoms with Crippen LogP contribution in [0.25, 0.3) is 0 Å². The number of ether oxygens (including phenoxy) is 1. The summed E-state index contributed by atoms with van der Waals surface area (Å²) >= 11 is 0. The van der Waals surface area contributed by atoms with E-state index in [4.69, 9.17) is 4.74 Å². The molecule has 33 heavy (non-hydrogen) atoms. The van der Waals surface area contributed by atoms with Crippen molar-refractivity contribution < 1.29 is 4.74 Å². The van der Waals surface area contributed by atoms with Crippen LogP contribution in [-0.2, 0) is 6.42 Å². The van der Waals surface area contributed by atoms with Crippen molar-refractivity contribution in [1.29, 1.82) is 0 Å². The van der Waals surface area contributed by atoms with E-state index in [2.05, 4.69) is 69.2 Å². The summed E-state index contributed by atoms with van der Waals surface area (Å²) in [5.41, 5.74) is 7.33. The van der Waals surface area contributed by atoms with Crippen molar-refractivity contribution in [2.24, 2.45) is 17.8 Å². The highest BCUT2D eigenvalue weighted by molar-refractivity contribution is 5.56. The molecule has 1 aliphatic rings. The minimum atomic E-state index is 0.000631. The molecule has 1 aromatic rings. The van der Waals surface area contributed by atoms with Crippen molar-refractivity contribution in [2.45, 2.75) is 151 Å². The van der Waals surface area contributed by atoms with Gasteiger partial charge in [-0.1, -0.05) is 86.5 Å². The second-order valence-electron chi connectivity index (χ2n) is 12.7. The van der Waals surface area contributed by atoms with Gasteiger partial charge in [-0.25, -0.2) is 0 Å². The molecule has 3 atom stereocenters. The Hall–Kier alpha value is -0.980. The van der Waals surface area contributed by atoms with Crippen molar-refractivity contribution in [1.82, 2.24) is 0 Å². The lowest BCUT2D eigenvalue weighted by Crippen LogP contribution is -2.37. The van der Waals surface area contributed by atoms with Gasteiger partial charge in [0.15, 0.2) is 0 Å². The third-order valence-electron chi connectivity index (χ3n) is 8.54. The van der Waals surface area contributed by atoms with Gasteiger partial charge in [0.05, 0.1) is 0 Å². The lowest BCUT2D eigenvalue weighted by molar-refractivity contribution is 0.0513. The Morgan fingerprint density at radius 2 is 1.27 bits per heavy atom. The molecule has 0 saturated carbocycles. The Labute approximate surface area is 207 Å². The summed E-state index contributed by atoms with van der Waals surface area (Å²) in [5.74, 6) is 4.38. The van der Waals surface area contributed by atoms with Crippen molar-refractivity contribution in [2.75, 3.05) is 0 Å². The minimum absolute atomic E-state index is 0.000631. The molecule has 1 aromatic carbocycles. The van der Waals surface area contributed by atoms with Crippen LogP contribution in [0.4, 0.5) is 0 Å². The third-order valence-corrected chi connectivity index (χ3v) is 8.54. The molecule has 0 spiro atoms. The highest BCUT2D eigenvalue weighted by atomic mass is 16.5. The normalized spacial score (nSPS) is 20.1. The van der Waals surface area contributed by atoms with Gasteiger partial charge in [0.25, 0.3) is 0 Å². The first kappa shape index (κ1) is 28.3. The molecule has 0 saturated heterocycles. The maximum Gasteiger partial charge on any atom is 0.126 e. The van der Waals surface area contributed by atoms with E-state index in [0.717, 1.165) is 24.2 Å². The van der Waals surface area contributed by atoms with E-state index in [1.54, 1.807) is 5.56 Å². The molecule has 2 rings (SSSR count). The number of benzene rings is 1. The summed E-state index contributed by atoms with van der Waals surface area (Å²) in [5, 5.41) is 0. The number of hydrogen-bond donors (Lipinski definition) is 0. The average Bonchev–Trinajstić information content (AvgIpc) is 2.71. The Morgan fingerprint density at radius 3 is 1.82 bits per heavy atom. The maximum absolute atomic E-state index is 6.80. The summed E-state index contributed by atoms with van der Waals surface area (Å²) in [6.07, 6.45) is 14.6. The van der Waals surface area contributed by atoms with E-state index in [1.807, 2.05) is 0 Å². The van der Waals surface area contributed by atoms with Crippen LogP contribution >= 0.6 is 0 Å². The first-order valence-corrected chi connectivity index (χ1v) is 14.3. The van der Waals surface area contributed by atoms with Gasteiger partial charge >= 0.3 is 0 Å². The van der Waals surface area contributed by atoms with Crippen LogP contribution in [0, 0.1) is 38.5 Å². The van der Waals surface area contributed by atoms with Gasteiger partial charge in [-0.2, -0.15) is 0 Å². The van der Waals surface area contributed by atoms with Crippen LogP contribution < -0.4 is 4.74 Å². The molecule has 1 unspecified atom stereocenters. The van der Waals surface area contributed by atoms with Gasteiger partial charge in [-0.3, -0.25) is 0 Å². The molecule has 0 amide bonds. The van der Waals surface area contributed by atoms with Gasteiger partial charge in [0.2, 0.25) is 0 Å². The highest BCUT2D eigenvalue weighted by Crippen LogP contribution is 2.44. The van der Waals surface area contributed by atoms with Crippen LogP contribution in [0.1, 0.15) is 146 Å². The second kappa shape index (κ2) is 12.6. The topological polar surface area (TPSA) is 9.23 Å². The molecule has 0 aliphatic carbocycles. The fraction of sp³-hybridized carbons (Fsp3) is 0.812. The van der Waals surface area contributed by atoms with E-state index in [9.17, 15) is 0 Å². The Kier molecular flexibility index (Phi) is 10.8. The molecule has 0 fully saturated rings. The average molecular weight is 457 g/mol. The summed E-state index contributed by atoms with van der Waals surface area (Å²) in [6, 6.07) is 0. The maximum atomic E-state index is 6.80. The fourth-order valence-electron chi connectivity index (χ4n) is 6.18. The molecular weight excluding hydrogens is 400 g/mol. The zero-order valence-electron chi connectivity index (χ0n) is 24.0. The van der Waals surface area contributed by atoms with Crippen LogP contribution in [0.3, 0.4) is 0 Å². The molecule has 1 aliphatic heterocycles. The first-order chi connectivity index (χ1) is 15.4. The van der Waals surface area contributed by atoms with Crippen LogP contribution in [0.5, 0.6) is 5.75 Å². The molecule has 1 nitrogen and oxygen atoms in total. The zero-order chi connectivity index (χ0) is 24.8. The highest BCUT2D eigenvalue weighted by Gasteiger charge is 2.34. The first-order valence-electron chi connectivity index (χ1n) is 14.3. The van der Waals surface area contributed by atoms with Crippen molar-refractivity contribution in [3.8, 4) is 5.75 Å². The quantitative estimate of drug-likeness (QED) is 0.287. The molecule has 0 N–H and O–H groups in total. The van der Waals surface area contributed by atoms with Gasteiger partial charge < -0.3 is 4.74 Å². The molecule has 190 valence electrons. The summed E-state index contributed by atoms with van der Waals surface area (Å²) in [7, 11) is 0. The van der Waals surface area contributed by atoms with Gasteiger partial charge in [-0.15, -0.1) is 0 Å². The predicted molar refractivity (Wildman–Crippen MR) is 147 cm³/mol. The Balaban J connectivity index is 1.80. The van der Waals surface area contributed by atoms with Crippen molar-refractivity contribution in [3.63, 3.8) is 0 Å². The zero-order valence-corrected chi connectivity index (χ0v) is 24.0. The minimum Gasteiger partial charge on any atom is -0.487 e. The van der Waals surface area contributed by atoms with E-state index in [-0.39, 0.29) is 5.60 Å². The summed E-state index contributed by atoms with van der Waals surface area (Å²) in [4.78, 5) is 0. The molecule has 0 radical (unpaired) electrons. The number of fused-ring (bicyclic) bond motifs is 1. The second-order valence-corrected chi connectivity index (χ2v) is 12.7. The van der Waals surface area contributed by atoms with Crippen LogP contribution in [-0.4, -0.2) is 5.60 Å². The van der Waals surface area contributed by atoms with E-state index in [1.165, 1.54) is 92.2 Å². The van der Waals surface area contributed by atoms with E-state index < -0.39 is 0 Å². The smallest absolute Gasteiger partial charge is 0.126 e. The largest absolute Gasteiger partial charge is 0.487 e. The standard InChI is InChI=1S/C32H56O/c1-22(2)14-11-15-24(5)16-12-17-25(6)18-13-20-32(10)21-19-29-28(9)30(23(3)4)26(7)27(8)31(29)33-32/h22-25H,11-21H2,1-10H3/t24-,25-,32?/m1/s1. The SMILES string of the molecule is Cc1c(C)c(C(C)C)c(C)c2c1OC(C)(CCC[C@H](C)CCC[C@H](C)CCCC(C)C)CC2. The lowest BCUT2D eigenvalue weighted by atomic mass is 9.80. The lowest BCUT2D eigenvalue weighted by Gasteiger charge is -2.39. The summed E-state index contributed by atoms with van der Waals surface area (Å²) in [6.45, 7) is 23.5. The summed E-state index contributed by atoms with van der Waals surface area (Å²) < 4.78 is 6.80. The predicted octanol–water partition coefficient (Wildman–Crippen LogP) is 10.3. The van der Waals surface area contributed by atoms with Crippen molar-refractivity contribution >= 4 is 0 Å². The molecule has 1 heteroatoms. The molecule has 0 bridgehead atoms. The van der Waals surface area contributed by atoms with Gasteiger partial charge in [0.1, 0.15) is 11.4 Å². The van der Waals surface area contributed by atoms with E-state index in [0.29, 0.717) is 5.92 Å². The third kappa shape index (κ3) is 8.03. The Bertz CT molecular complexity index is 744. The van der Waals surface area contributed by atoms with Crippen LogP contribution in [0.15, 0.2) is 0 Å². The fourth-order valence-corrected chi connectivity index (χ4v) is 6.18.